The molecule has 0 atom stereocenters. The highest BCUT2D eigenvalue weighted by atomic mass is 35.5. The summed E-state index contributed by atoms with van der Waals surface area (Å²) >= 11 is 6.31. The zero-order valence-corrected chi connectivity index (χ0v) is 20.9. The molecule has 3 aromatic carbocycles. The van der Waals surface area contributed by atoms with Crippen LogP contribution in [0, 0.1) is 0 Å². The van der Waals surface area contributed by atoms with Gasteiger partial charge in [0.1, 0.15) is 5.75 Å². The predicted molar refractivity (Wildman–Crippen MR) is 137 cm³/mol. The van der Waals surface area contributed by atoms with E-state index in [4.69, 9.17) is 16.3 Å². The number of sulfonamides is 1. The first-order chi connectivity index (χ1) is 16.9. The first kappa shape index (κ1) is 25.2. The van der Waals surface area contributed by atoms with E-state index in [0.717, 1.165) is 43.2 Å². The van der Waals surface area contributed by atoms with Crippen LogP contribution in [0.25, 0.3) is 0 Å². The molecule has 1 amide bonds. The SMILES string of the molecule is O=C(COc1ccc(S(=O)(=O)NC2CCCCC2)cc1Cl)NC(c1ccccc1)c1ccccc1. The molecule has 0 aliphatic heterocycles. The Morgan fingerprint density at radius 1 is 0.914 bits per heavy atom. The highest BCUT2D eigenvalue weighted by molar-refractivity contribution is 7.89. The summed E-state index contributed by atoms with van der Waals surface area (Å²) in [6, 6.07) is 23.3. The lowest BCUT2D eigenvalue weighted by molar-refractivity contribution is -0.123. The smallest absolute Gasteiger partial charge is 0.258 e. The summed E-state index contributed by atoms with van der Waals surface area (Å²) in [5.74, 6) is -0.0798. The molecule has 184 valence electrons. The van der Waals surface area contributed by atoms with Crippen molar-refractivity contribution < 1.29 is 17.9 Å². The molecule has 0 bridgehead atoms. The van der Waals surface area contributed by atoms with E-state index in [1.54, 1.807) is 0 Å². The van der Waals surface area contributed by atoms with Gasteiger partial charge in [-0.1, -0.05) is 91.5 Å². The zero-order valence-electron chi connectivity index (χ0n) is 19.3. The fourth-order valence-electron chi connectivity index (χ4n) is 4.27. The molecule has 2 N–H and O–H groups in total. The molecule has 35 heavy (non-hydrogen) atoms. The maximum absolute atomic E-state index is 12.7. The van der Waals surface area contributed by atoms with Gasteiger partial charge in [0.25, 0.3) is 5.91 Å². The van der Waals surface area contributed by atoms with Crippen LogP contribution in [0.2, 0.25) is 5.02 Å². The molecule has 0 unspecified atom stereocenters. The van der Waals surface area contributed by atoms with E-state index in [1.807, 2.05) is 60.7 Å². The van der Waals surface area contributed by atoms with Crippen molar-refractivity contribution in [3.05, 3.63) is 95.0 Å². The van der Waals surface area contributed by atoms with Crippen LogP contribution in [0.15, 0.2) is 83.8 Å². The van der Waals surface area contributed by atoms with Gasteiger partial charge in [0, 0.05) is 6.04 Å². The largest absolute Gasteiger partial charge is 0.482 e. The van der Waals surface area contributed by atoms with Gasteiger partial charge in [-0.25, -0.2) is 13.1 Å². The number of halogens is 1. The molecule has 1 fully saturated rings. The van der Waals surface area contributed by atoms with Crippen LogP contribution in [-0.4, -0.2) is 27.0 Å². The Hall–Kier alpha value is -2.87. The molecule has 8 heteroatoms. The maximum atomic E-state index is 12.7. The number of ether oxygens (including phenoxy) is 1. The Bertz CT molecular complexity index is 1190. The molecule has 0 saturated heterocycles. The van der Waals surface area contributed by atoms with Gasteiger partial charge in [0.2, 0.25) is 10.0 Å². The van der Waals surface area contributed by atoms with Crippen molar-refractivity contribution in [2.24, 2.45) is 0 Å². The number of hydrogen-bond donors (Lipinski definition) is 2. The van der Waals surface area contributed by atoms with E-state index in [0.29, 0.717) is 0 Å². The van der Waals surface area contributed by atoms with Crippen LogP contribution in [0.3, 0.4) is 0 Å². The average Bonchev–Trinajstić information content (AvgIpc) is 2.88. The van der Waals surface area contributed by atoms with Crippen molar-refractivity contribution in [3.63, 3.8) is 0 Å². The predicted octanol–water partition coefficient (Wildman–Crippen LogP) is 5.24. The Morgan fingerprint density at radius 3 is 2.09 bits per heavy atom. The second-order valence-corrected chi connectivity index (χ2v) is 10.8. The van der Waals surface area contributed by atoms with Crippen LogP contribution in [0.5, 0.6) is 5.75 Å². The highest BCUT2D eigenvalue weighted by Crippen LogP contribution is 2.28. The average molecular weight is 513 g/mol. The van der Waals surface area contributed by atoms with Crippen molar-refractivity contribution in [2.75, 3.05) is 6.61 Å². The molecule has 4 rings (SSSR count). The number of nitrogens with one attached hydrogen (secondary N) is 2. The van der Waals surface area contributed by atoms with Gasteiger partial charge >= 0.3 is 0 Å². The van der Waals surface area contributed by atoms with E-state index in [2.05, 4.69) is 10.0 Å². The summed E-state index contributed by atoms with van der Waals surface area (Å²) in [4.78, 5) is 12.8. The molecule has 1 aliphatic carbocycles. The minimum atomic E-state index is -3.68. The van der Waals surface area contributed by atoms with Gasteiger partial charge in [0.15, 0.2) is 6.61 Å². The van der Waals surface area contributed by atoms with Gasteiger partial charge in [-0.2, -0.15) is 0 Å². The van der Waals surface area contributed by atoms with E-state index in [-0.39, 0.29) is 40.3 Å². The van der Waals surface area contributed by atoms with Crippen molar-refractivity contribution in [1.82, 2.24) is 10.0 Å². The topological polar surface area (TPSA) is 84.5 Å². The number of carbonyl (C=O) groups is 1. The van der Waals surface area contributed by atoms with Crippen molar-refractivity contribution in [2.45, 2.75) is 49.1 Å². The summed E-state index contributed by atoms with van der Waals surface area (Å²) in [7, 11) is -3.68. The Kier molecular flexibility index (Phi) is 8.44. The molecule has 0 spiro atoms. The van der Waals surface area contributed by atoms with Gasteiger partial charge in [-0.3, -0.25) is 4.79 Å². The summed E-state index contributed by atoms with van der Waals surface area (Å²) < 4.78 is 33.9. The lowest BCUT2D eigenvalue weighted by Gasteiger charge is -2.22. The maximum Gasteiger partial charge on any atom is 0.258 e. The molecule has 0 radical (unpaired) electrons. The summed E-state index contributed by atoms with van der Waals surface area (Å²) in [6.45, 7) is -0.262. The van der Waals surface area contributed by atoms with Crippen LogP contribution in [-0.2, 0) is 14.8 Å². The molecular formula is C27H29ClN2O4S. The molecule has 0 aromatic heterocycles. The van der Waals surface area contributed by atoms with Gasteiger partial charge < -0.3 is 10.1 Å². The monoisotopic (exact) mass is 512 g/mol. The van der Waals surface area contributed by atoms with Crippen molar-refractivity contribution in [1.29, 1.82) is 0 Å². The Morgan fingerprint density at radius 2 is 1.51 bits per heavy atom. The van der Waals surface area contributed by atoms with Gasteiger partial charge in [-0.15, -0.1) is 0 Å². The number of carbonyl (C=O) groups excluding carboxylic acids is 1. The van der Waals surface area contributed by atoms with E-state index >= 15 is 0 Å². The zero-order chi connectivity index (χ0) is 24.7. The number of benzene rings is 3. The molecule has 3 aromatic rings. The third-order valence-electron chi connectivity index (χ3n) is 6.07. The van der Waals surface area contributed by atoms with Crippen LogP contribution in [0.4, 0.5) is 0 Å². The van der Waals surface area contributed by atoms with Gasteiger partial charge in [-0.05, 0) is 42.2 Å². The third kappa shape index (κ3) is 6.84. The van der Waals surface area contributed by atoms with Crippen molar-refractivity contribution in [3.8, 4) is 5.75 Å². The number of rotatable bonds is 9. The van der Waals surface area contributed by atoms with Crippen molar-refractivity contribution >= 4 is 27.5 Å². The van der Waals surface area contributed by atoms with E-state index < -0.39 is 10.0 Å². The molecule has 6 nitrogen and oxygen atoms in total. The summed E-state index contributed by atoms with van der Waals surface area (Å²) in [6.07, 6.45) is 4.88. The molecule has 1 aliphatic rings. The molecular weight excluding hydrogens is 484 g/mol. The van der Waals surface area contributed by atoms with Crippen LogP contribution in [0.1, 0.15) is 49.3 Å². The normalized spacial score (nSPS) is 14.6. The van der Waals surface area contributed by atoms with E-state index in [9.17, 15) is 13.2 Å². The van der Waals surface area contributed by atoms with Crippen LogP contribution >= 0.6 is 11.6 Å². The summed E-state index contributed by atoms with van der Waals surface area (Å²) in [5.41, 5.74) is 1.90. The highest BCUT2D eigenvalue weighted by Gasteiger charge is 2.23. The second kappa shape index (κ2) is 11.7. The summed E-state index contributed by atoms with van der Waals surface area (Å²) in [5, 5.41) is 3.14. The lowest BCUT2D eigenvalue weighted by Crippen LogP contribution is -2.36. The molecule has 0 heterocycles. The first-order valence-corrected chi connectivity index (χ1v) is 13.6. The number of hydrogen-bond acceptors (Lipinski definition) is 4. The van der Waals surface area contributed by atoms with Gasteiger partial charge in [0.05, 0.1) is 16.0 Å². The Balaban J connectivity index is 1.40. The minimum absolute atomic E-state index is 0.0469. The van der Waals surface area contributed by atoms with Crippen LogP contribution < -0.4 is 14.8 Å². The fourth-order valence-corrected chi connectivity index (χ4v) is 5.90. The molecule has 1 saturated carbocycles. The third-order valence-corrected chi connectivity index (χ3v) is 7.88. The second-order valence-electron chi connectivity index (χ2n) is 8.66. The quantitative estimate of drug-likeness (QED) is 0.411. The number of amides is 1. The minimum Gasteiger partial charge on any atom is -0.482 e. The van der Waals surface area contributed by atoms with E-state index in [1.165, 1.54) is 18.2 Å². The Labute approximate surface area is 211 Å². The first-order valence-electron chi connectivity index (χ1n) is 11.8. The standard InChI is InChI=1S/C27H29ClN2O4S/c28-24-18-23(35(32,33)30-22-14-8-3-9-15-22)16-17-25(24)34-19-26(31)29-27(20-10-4-1-5-11-20)21-12-6-2-7-13-21/h1-2,4-7,10-13,16-18,22,27,30H,3,8-9,14-15,19H2,(H,29,31). The fraction of sp³-hybridized carbons (Fsp3) is 0.296. The lowest BCUT2D eigenvalue weighted by atomic mass is 9.96.